The number of halogens is 1. The SMILES string of the molecule is C[C@H](NC(=O)CCCc1ccc(I)cc1)C(=O)OCC(=O)N[C@@H](CCCCNC(=O)OCC1c2ccccc2-c2ccccc21)C(=O)O. The van der Waals surface area contributed by atoms with Crippen molar-refractivity contribution in [1.82, 2.24) is 16.0 Å². The van der Waals surface area contributed by atoms with Gasteiger partial charge in [0.25, 0.3) is 5.91 Å². The summed E-state index contributed by atoms with van der Waals surface area (Å²) in [6.45, 7) is 1.23. The minimum absolute atomic E-state index is 0.0520. The molecule has 0 bridgehead atoms. The Morgan fingerprint density at radius 3 is 2.10 bits per heavy atom. The third kappa shape index (κ3) is 10.8. The van der Waals surface area contributed by atoms with Crippen molar-refractivity contribution in [2.45, 2.75) is 63.5 Å². The van der Waals surface area contributed by atoms with Crippen LogP contribution in [0.2, 0.25) is 0 Å². The number of fused-ring (bicyclic) bond motifs is 3. The van der Waals surface area contributed by atoms with Gasteiger partial charge in [-0.05, 0) is 102 Å². The van der Waals surface area contributed by atoms with Crippen molar-refractivity contribution < 1.29 is 38.6 Å². The van der Waals surface area contributed by atoms with E-state index in [1.807, 2.05) is 60.7 Å². The van der Waals surface area contributed by atoms with Crippen LogP contribution in [-0.4, -0.2) is 66.8 Å². The molecular weight excluding hydrogens is 729 g/mol. The largest absolute Gasteiger partial charge is 0.480 e. The molecule has 1 aliphatic rings. The highest BCUT2D eigenvalue weighted by Crippen LogP contribution is 2.44. The number of carboxylic acid groups (broad SMARTS) is 1. The van der Waals surface area contributed by atoms with Crippen LogP contribution in [0.4, 0.5) is 4.79 Å². The quantitative estimate of drug-likeness (QED) is 0.0854. The number of nitrogens with one attached hydrogen (secondary N) is 3. The first-order chi connectivity index (χ1) is 23.1. The average molecular weight is 770 g/mol. The molecule has 4 N–H and O–H groups in total. The maximum Gasteiger partial charge on any atom is 0.407 e. The van der Waals surface area contributed by atoms with E-state index in [1.165, 1.54) is 6.92 Å². The van der Waals surface area contributed by atoms with E-state index >= 15 is 0 Å². The number of carbonyl (C=O) groups is 5. The van der Waals surface area contributed by atoms with Crippen LogP contribution in [0, 0.1) is 3.57 Å². The van der Waals surface area contributed by atoms with Crippen molar-refractivity contribution in [3.05, 3.63) is 93.1 Å². The summed E-state index contributed by atoms with van der Waals surface area (Å²) >= 11 is 2.23. The van der Waals surface area contributed by atoms with Crippen LogP contribution in [0.5, 0.6) is 0 Å². The van der Waals surface area contributed by atoms with Gasteiger partial charge in [0.15, 0.2) is 6.61 Å². The van der Waals surface area contributed by atoms with Gasteiger partial charge in [-0.15, -0.1) is 0 Å². The predicted octanol–water partition coefficient (Wildman–Crippen LogP) is 4.94. The molecule has 3 amide bonds. The Hall–Kier alpha value is -4.46. The molecule has 48 heavy (non-hydrogen) atoms. The molecule has 0 heterocycles. The molecule has 0 fully saturated rings. The second-order valence-electron chi connectivity index (χ2n) is 11.6. The van der Waals surface area contributed by atoms with Crippen molar-refractivity contribution in [3.63, 3.8) is 0 Å². The number of aliphatic carboxylic acids is 1. The van der Waals surface area contributed by atoms with E-state index in [2.05, 4.69) is 50.7 Å². The lowest BCUT2D eigenvalue weighted by Crippen LogP contribution is -2.44. The van der Waals surface area contributed by atoms with Gasteiger partial charge in [-0.25, -0.2) is 14.4 Å². The van der Waals surface area contributed by atoms with E-state index in [9.17, 15) is 29.1 Å². The fraction of sp³-hybridized carbons (Fsp3) is 0.361. The second kappa shape index (κ2) is 18.2. The van der Waals surface area contributed by atoms with Gasteiger partial charge >= 0.3 is 18.0 Å². The molecule has 0 spiro atoms. The Balaban J connectivity index is 1.08. The van der Waals surface area contributed by atoms with Crippen LogP contribution in [-0.2, 0) is 35.1 Å². The smallest absolute Gasteiger partial charge is 0.407 e. The molecule has 4 rings (SSSR count). The molecule has 11 nitrogen and oxygen atoms in total. The van der Waals surface area contributed by atoms with Gasteiger partial charge in [0.1, 0.15) is 18.7 Å². The fourth-order valence-corrected chi connectivity index (χ4v) is 5.90. The van der Waals surface area contributed by atoms with Crippen LogP contribution in [0.15, 0.2) is 72.8 Å². The second-order valence-corrected chi connectivity index (χ2v) is 12.8. The van der Waals surface area contributed by atoms with Crippen LogP contribution in [0.1, 0.15) is 61.6 Å². The number of carboxylic acids is 1. The minimum atomic E-state index is -1.23. The van der Waals surface area contributed by atoms with E-state index in [4.69, 9.17) is 9.47 Å². The molecule has 1 aliphatic carbocycles. The minimum Gasteiger partial charge on any atom is -0.480 e. The van der Waals surface area contributed by atoms with Crippen molar-refractivity contribution in [2.24, 2.45) is 0 Å². The number of ether oxygens (including phenoxy) is 2. The molecular formula is C36H40IN3O8. The molecule has 254 valence electrons. The van der Waals surface area contributed by atoms with Crippen molar-refractivity contribution >= 4 is 52.4 Å². The summed E-state index contributed by atoms with van der Waals surface area (Å²) in [7, 11) is 0. The first-order valence-corrected chi connectivity index (χ1v) is 17.0. The van der Waals surface area contributed by atoms with Crippen molar-refractivity contribution in [3.8, 4) is 11.1 Å². The van der Waals surface area contributed by atoms with Crippen LogP contribution in [0.25, 0.3) is 11.1 Å². The molecule has 0 unspecified atom stereocenters. The lowest BCUT2D eigenvalue weighted by molar-refractivity contribution is -0.152. The number of amides is 3. The molecule has 0 saturated heterocycles. The number of esters is 1. The Morgan fingerprint density at radius 1 is 0.812 bits per heavy atom. The Kier molecular flexibility index (Phi) is 13.8. The lowest BCUT2D eigenvalue weighted by Gasteiger charge is -2.16. The number of carbonyl (C=O) groups excluding carboxylic acids is 4. The van der Waals surface area contributed by atoms with Crippen molar-refractivity contribution in [1.29, 1.82) is 0 Å². The number of hydrogen-bond donors (Lipinski definition) is 4. The summed E-state index contributed by atoms with van der Waals surface area (Å²) in [5.41, 5.74) is 5.62. The van der Waals surface area contributed by atoms with Gasteiger partial charge in [0.2, 0.25) is 5.91 Å². The summed E-state index contributed by atoms with van der Waals surface area (Å²) in [6.07, 6.45) is 1.96. The van der Waals surface area contributed by atoms with E-state index < -0.39 is 42.6 Å². The maximum atomic E-state index is 12.4. The molecule has 3 aromatic rings. The average Bonchev–Trinajstić information content (AvgIpc) is 3.39. The number of hydrogen-bond acceptors (Lipinski definition) is 7. The highest BCUT2D eigenvalue weighted by Gasteiger charge is 2.29. The first-order valence-electron chi connectivity index (χ1n) is 15.9. The number of alkyl carbamates (subject to hydrolysis) is 1. The van der Waals surface area contributed by atoms with Gasteiger partial charge in [-0.2, -0.15) is 0 Å². The lowest BCUT2D eigenvalue weighted by atomic mass is 9.98. The van der Waals surface area contributed by atoms with Crippen LogP contribution in [0.3, 0.4) is 0 Å². The highest BCUT2D eigenvalue weighted by atomic mass is 127. The maximum absolute atomic E-state index is 12.4. The van der Waals surface area contributed by atoms with Gasteiger partial charge in [0.05, 0.1) is 0 Å². The third-order valence-electron chi connectivity index (χ3n) is 8.03. The van der Waals surface area contributed by atoms with Gasteiger partial charge in [-0.1, -0.05) is 60.7 Å². The fourth-order valence-electron chi connectivity index (χ4n) is 5.55. The monoisotopic (exact) mass is 769 g/mol. The molecule has 12 heteroatoms. The summed E-state index contributed by atoms with van der Waals surface area (Å²) in [4.78, 5) is 60.9. The predicted molar refractivity (Wildman–Crippen MR) is 187 cm³/mol. The standard InChI is InChI=1S/C36H40IN3O8/c1-23(39-32(41)15-8-9-24-16-18-25(37)19-17-24)35(45)47-22-33(42)40-31(34(43)44)14-6-7-20-38-36(46)48-21-30-28-12-4-2-10-26(28)27-11-3-5-13-29(27)30/h2-5,10-13,16-19,23,30-31H,6-9,14-15,20-22H2,1H3,(H,38,46)(H,39,41)(H,40,42)(H,43,44)/t23-,31-/m0/s1. The zero-order valence-corrected chi connectivity index (χ0v) is 28.9. The topological polar surface area (TPSA) is 160 Å². The molecule has 0 aromatic heterocycles. The Bertz CT molecular complexity index is 1550. The number of aryl methyl sites for hydroxylation is 1. The van der Waals surface area contributed by atoms with E-state index in [1.54, 1.807) is 0 Å². The third-order valence-corrected chi connectivity index (χ3v) is 8.74. The van der Waals surface area contributed by atoms with Crippen LogP contribution >= 0.6 is 22.6 Å². The van der Waals surface area contributed by atoms with Crippen LogP contribution < -0.4 is 16.0 Å². The molecule has 0 radical (unpaired) electrons. The van der Waals surface area contributed by atoms with Crippen molar-refractivity contribution in [2.75, 3.05) is 19.8 Å². The van der Waals surface area contributed by atoms with E-state index in [0.29, 0.717) is 19.3 Å². The number of rotatable bonds is 17. The summed E-state index contributed by atoms with van der Waals surface area (Å²) in [5.74, 6) is -3.17. The molecule has 0 saturated carbocycles. The Morgan fingerprint density at radius 2 is 1.46 bits per heavy atom. The van der Waals surface area contributed by atoms with Gasteiger partial charge < -0.3 is 30.5 Å². The Labute approximate surface area is 293 Å². The molecule has 3 aromatic carbocycles. The molecule has 2 atom stereocenters. The zero-order chi connectivity index (χ0) is 34.5. The summed E-state index contributed by atoms with van der Waals surface area (Å²) in [6, 6.07) is 22.0. The highest BCUT2D eigenvalue weighted by molar-refractivity contribution is 14.1. The number of unbranched alkanes of at least 4 members (excludes halogenated alkanes) is 1. The first kappa shape index (κ1) is 36.4. The molecule has 0 aliphatic heterocycles. The van der Waals surface area contributed by atoms with Gasteiger partial charge in [0, 0.05) is 22.5 Å². The summed E-state index contributed by atoms with van der Waals surface area (Å²) < 4.78 is 11.6. The van der Waals surface area contributed by atoms with Gasteiger partial charge in [-0.3, -0.25) is 9.59 Å². The normalized spacial score (nSPS) is 13.0. The zero-order valence-electron chi connectivity index (χ0n) is 26.7. The summed E-state index contributed by atoms with van der Waals surface area (Å²) in [5, 5.41) is 17.1. The number of benzene rings is 3. The van der Waals surface area contributed by atoms with E-state index in [-0.39, 0.29) is 37.8 Å². The van der Waals surface area contributed by atoms with E-state index in [0.717, 1.165) is 37.8 Å².